The van der Waals surface area contributed by atoms with Crippen molar-refractivity contribution in [2.24, 2.45) is 0 Å². The van der Waals surface area contributed by atoms with Gasteiger partial charge in [0.2, 0.25) is 7.12 Å². The smallest absolute Gasteiger partial charge is 0.498 e. The van der Waals surface area contributed by atoms with Crippen molar-refractivity contribution in [3.05, 3.63) is 88.7 Å². The van der Waals surface area contributed by atoms with Crippen LogP contribution in [0.5, 0.6) is 0 Å². The second kappa shape index (κ2) is 18.4. The Morgan fingerprint density at radius 3 is 1.60 bits per heavy atom. The van der Waals surface area contributed by atoms with Gasteiger partial charge in [-0.1, -0.05) is 6.92 Å². The van der Waals surface area contributed by atoms with E-state index in [1.165, 1.54) is 0 Å². The van der Waals surface area contributed by atoms with E-state index in [2.05, 4.69) is 35.2 Å². The molecule has 3 aromatic heterocycles. The molecule has 0 aliphatic carbocycles. The first-order chi connectivity index (χ1) is 14.1. The summed E-state index contributed by atoms with van der Waals surface area (Å²) < 4.78 is 20.9. The molecule has 0 bridgehead atoms. The minimum atomic E-state index is -0.757. The Balaban J connectivity index is 0. The molecule has 0 atom stereocenters. The van der Waals surface area contributed by atoms with Crippen LogP contribution in [0, 0.1) is 32.6 Å². The van der Waals surface area contributed by atoms with Crippen molar-refractivity contribution < 1.29 is 40.3 Å². The molecule has 1 N–H and O–H groups in total. The molecule has 0 fully saturated rings. The zero-order valence-corrected chi connectivity index (χ0v) is 18.2. The fourth-order valence-corrected chi connectivity index (χ4v) is 2.12. The van der Waals surface area contributed by atoms with E-state index in [-0.39, 0.29) is 34.6 Å². The van der Waals surface area contributed by atoms with Crippen molar-refractivity contribution >= 4 is 13.1 Å². The number of imidazole rings is 3. The topological polar surface area (TPSA) is 131 Å². The number of hydrogen-bond acceptors (Lipinski definition) is 4. The van der Waals surface area contributed by atoms with Crippen LogP contribution in [0.15, 0.2) is 56.2 Å². The Morgan fingerprint density at radius 1 is 1.00 bits per heavy atom. The van der Waals surface area contributed by atoms with Gasteiger partial charge in [0.05, 0.1) is 19.0 Å². The summed E-state index contributed by atoms with van der Waals surface area (Å²) in [6.45, 7) is 14.5. The summed E-state index contributed by atoms with van der Waals surface area (Å²) in [4.78, 5) is 22.1. The molecule has 0 amide bonds. The van der Waals surface area contributed by atoms with Crippen LogP contribution >= 0.6 is 0 Å². The SMILES string of the molecule is [C-]#[O+].[C-]#[O+].[CH2][C](C)[CH]CCC(=O)O.[Mo+2].c1cn([B-](n2ccnc2)n2ccnc2)cn1. The molecule has 0 unspecified atom stereocenters. The van der Waals surface area contributed by atoms with Crippen LogP contribution in [0.3, 0.4) is 0 Å². The van der Waals surface area contributed by atoms with E-state index in [4.69, 9.17) is 14.4 Å². The van der Waals surface area contributed by atoms with Gasteiger partial charge in [0, 0.05) is 25.0 Å². The number of carboxylic acids is 1. The maximum atomic E-state index is 9.93. The second-order valence-electron chi connectivity index (χ2n) is 5.36. The molecule has 0 aromatic carbocycles. The van der Waals surface area contributed by atoms with Crippen LogP contribution < -0.4 is 0 Å². The minimum Gasteiger partial charge on any atom is -0.498 e. The third-order valence-electron chi connectivity index (χ3n) is 3.23. The standard InChI is InChI=1S/C9H9BN6.C7H11O2.2CO.Mo/c1-4-14(7-11-1)10(15-5-2-12-8-15)16-6-3-13-9-16;1-6(2)4-3-5-7(8)9;2*1-2;/h1-9H;4H,1,3,5H2,2H3,(H,8,9);;;/q-1;;;;+2. The number of nitrogens with zero attached hydrogens (tertiary/aromatic N) is 6. The van der Waals surface area contributed by atoms with Crippen LogP contribution in [0.4, 0.5) is 0 Å². The summed E-state index contributed by atoms with van der Waals surface area (Å²) in [5.41, 5.74) is 0. The number of aliphatic carboxylic acids is 1. The van der Waals surface area contributed by atoms with Crippen LogP contribution in [0.1, 0.15) is 19.8 Å². The molecule has 0 aliphatic rings. The minimum absolute atomic E-state index is 0. The van der Waals surface area contributed by atoms with E-state index in [1.54, 1.807) is 37.6 Å². The maximum Gasteiger partial charge on any atom is 2.00 e. The number of rotatable bonds is 7. The average molecular weight is 491 g/mol. The first-order valence-corrected chi connectivity index (χ1v) is 8.11. The number of aromatic nitrogens is 6. The Morgan fingerprint density at radius 2 is 1.37 bits per heavy atom. The third-order valence-corrected chi connectivity index (χ3v) is 3.23. The summed E-state index contributed by atoms with van der Waals surface area (Å²) >= 11 is 0. The number of hydrogen-bond donors (Lipinski definition) is 1. The first kappa shape index (κ1) is 29.5. The van der Waals surface area contributed by atoms with Gasteiger partial charge in [-0.15, -0.1) is 0 Å². The normalized spacial score (nSPS) is 9.07. The summed E-state index contributed by atoms with van der Waals surface area (Å²) in [5.74, 6) is 0.170. The van der Waals surface area contributed by atoms with Crippen LogP contribution in [-0.2, 0) is 35.2 Å². The molecule has 154 valence electrons. The van der Waals surface area contributed by atoms with Gasteiger partial charge in [0.1, 0.15) is 0 Å². The van der Waals surface area contributed by atoms with E-state index in [9.17, 15) is 4.79 Å². The van der Waals surface area contributed by atoms with Gasteiger partial charge in [0.15, 0.2) is 0 Å². The molecule has 0 aliphatic heterocycles. The zero-order valence-electron chi connectivity index (χ0n) is 16.2. The fraction of sp³-hybridized carbons (Fsp3) is 0.167. The molecule has 0 saturated carbocycles. The number of carboxylic acid groups (broad SMARTS) is 1. The molecule has 3 heterocycles. The molecule has 4 radical (unpaired) electrons. The summed E-state index contributed by atoms with van der Waals surface area (Å²) in [5, 5.41) is 8.18. The Bertz CT molecular complexity index is 717. The predicted octanol–water partition coefficient (Wildman–Crippen LogP) is 1.61. The van der Waals surface area contributed by atoms with E-state index >= 15 is 0 Å². The Hall–Kier alpha value is -2.67. The summed E-state index contributed by atoms with van der Waals surface area (Å²) in [6.07, 6.45) is 18.9. The van der Waals surface area contributed by atoms with E-state index in [0.717, 1.165) is 5.92 Å². The van der Waals surface area contributed by atoms with Gasteiger partial charge >= 0.3 is 49.6 Å². The molecule has 0 saturated heterocycles. The molecule has 30 heavy (non-hydrogen) atoms. The van der Waals surface area contributed by atoms with Crippen molar-refractivity contribution in [1.29, 1.82) is 0 Å². The largest absolute Gasteiger partial charge is 2.00 e. The molecular formula is C18H20BMoN6O4+. The van der Waals surface area contributed by atoms with Gasteiger partial charge in [-0.25, -0.2) is 15.0 Å². The quantitative estimate of drug-likeness (QED) is 0.305. The van der Waals surface area contributed by atoms with Gasteiger partial charge in [0.25, 0.3) is 0 Å². The van der Waals surface area contributed by atoms with Crippen molar-refractivity contribution in [1.82, 2.24) is 28.4 Å². The van der Waals surface area contributed by atoms with Gasteiger partial charge in [-0.3, -0.25) is 4.79 Å². The molecule has 12 heteroatoms. The molecule has 10 nitrogen and oxygen atoms in total. The first-order valence-electron chi connectivity index (χ1n) is 8.11. The van der Waals surface area contributed by atoms with E-state index in [0.29, 0.717) is 6.42 Å². The Kier molecular flexibility index (Phi) is 18.1. The molecule has 3 rings (SSSR count). The fourth-order valence-electron chi connectivity index (χ4n) is 2.12. The van der Waals surface area contributed by atoms with Crippen molar-refractivity contribution in [3.63, 3.8) is 0 Å². The van der Waals surface area contributed by atoms with Crippen molar-refractivity contribution in [2.75, 3.05) is 0 Å². The molecule has 0 spiro atoms. The molecule has 3 aromatic rings. The van der Waals surface area contributed by atoms with Crippen molar-refractivity contribution in [3.8, 4) is 0 Å². The second-order valence-corrected chi connectivity index (χ2v) is 5.36. The summed E-state index contributed by atoms with van der Waals surface area (Å²) in [7, 11) is -0.0486. The van der Waals surface area contributed by atoms with Crippen molar-refractivity contribution in [2.45, 2.75) is 19.8 Å². The van der Waals surface area contributed by atoms with Crippen LogP contribution in [0.25, 0.3) is 0 Å². The third kappa shape index (κ3) is 11.4. The van der Waals surface area contributed by atoms with Crippen LogP contribution in [-0.4, -0.2) is 46.6 Å². The van der Waals surface area contributed by atoms with Crippen LogP contribution in [0.2, 0.25) is 0 Å². The average Bonchev–Trinajstić information content (AvgIpc) is 3.50. The van der Waals surface area contributed by atoms with E-state index in [1.807, 2.05) is 45.4 Å². The van der Waals surface area contributed by atoms with Gasteiger partial charge in [-0.2, -0.15) is 0 Å². The maximum absolute atomic E-state index is 9.93. The monoisotopic (exact) mass is 493 g/mol. The number of carbonyl (C=O) groups is 1. The summed E-state index contributed by atoms with van der Waals surface area (Å²) in [6, 6.07) is 0. The van der Waals surface area contributed by atoms with Gasteiger partial charge < -0.3 is 18.5 Å². The van der Waals surface area contributed by atoms with Gasteiger partial charge in [-0.05, 0) is 44.3 Å². The van der Waals surface area contributed by atoms with E-state index < -0.39 is 5.97 Å². The Labute approximate surface area is 190 Å². The predicted molar refractivity (Wildman–Crippen MR) is 102 cm³/mol. The zero-order chi connectivity index (χ0) is 22.1. The molecular weight excluding hydrogens is 471 g/mol.